The number of hydrogen-bond donors (Lipinski definition) is 1. The first kappa shape index (κ1) is 13.7. The molecule has 0 aliphatic heterocycles. The van der Waals surface area contributed by atoms with Crippen LogP contribution in [0.15, 0.2) is 12.2 Å². The Balaban J connectivity index is 2.58. The van der Waals surface area contributed by atoms with E-state index in [1.54, 1.807) is 0 Å². The van der Waals surface area contributed by atoms with E-state index in [2.05, 4.69) is 25.7 Å². The molecule has 2 heteroatoms. The van der Waals surface area contributed by atoms with Crippen LogP contribution in [0.2, 0.25) is 0 Å². The summed E-state index contributed by atoms with van der Waals surface area (Å²) in [7, 11) is 1.86. The minimum Gasteiger partial charge on any atom is -0.377 e. The summed E-state index contributed by atoms with van der Waals surface area (Å²) in [5.74, 6) is 0. The third-order valence-corrected chi connectivity index (χ3v) is 3.88. The van der Waals surface area contributed by atoms with Gasteiger partial charge in [-0.1, -0.05) is 26.0 Å². The fraction of sp³-hybridized carbons (Fsp3) is 0.857. The summed E-state index contributed by atoms with van der Waals surface area (Å²) in [6.07, 6.45) is 7.00. The lowest BCUT2D eigenvalue weighted by Gasteiger charge is -2.47. The SMILES string of the molecule is C=C(CC)CC(NCCC)C1(OC)CCC1. The summed E-state index contributed by atoms with van der Waals surface area (Å²) < 4.78 is 5.77. The van der Waals surface area contributed by atoms with Crippen molar-refractivity contribution in [2.75, 3.05) is 13.7 Å². The normalized spacial score (nSPS) is 20.2. The maximum absolute atomic E-state index is 5.77. The van der Waals surface area contributed by atoms with Crippen LogP contribution in [-0.4, -0.2) is 25.3 Å². The standard InChI is InChI=1S/C14H27NO/c1-5-10-15-13(11-12(3)6-2)14(16-4)8-7-9-14/h13,15H,3,5-11H2,1-2,4H3. The molecule has 0 aromatic rings. The summed E-state index contributed by atoms with van der Waals surface area (Å²) in [5.41, 5.74) is 1.42. The van der Waals surface area contributed by atoms with Crippen LogP contribution in [0.4, 0.5) is 0 Å². The van der Waals surface area contributed by atoms with Crippen molar-refractivity contribution in [1.29, 1.82) is 0 Å². The summed E-state index contributed by atoms with van der Waals surface area (Å²) in [4.78, 5) is 0. The Kier molecular flexibility index (Phi) is 5.50. The van der Waals surface area contributed by atoms with Gasteiger partial charge in [0.05, 0.1) is 5.60 Å². The first-order chi connectivity index (χ1) is 7.68. The largest absolute Gasteiger partial charge is 0.377 e. The van der Waals surface area contributed by atoms with E-state index in [4.69, 9.17) is 4.74 Å². The maximum Gasteiger partial charge on any atom is 0.0834 e. The van der Waals surface area contributed by atoms with Gasteiger partial charge in [-0.05, 0) is 45.1 Å². The van der Waals surface area contributed by atoms with Gasteiger partial charge in [0.15, 0.2) is 0 Å². The van der Waals surface area contributed by atoms with Gasteiger partial charge >= 0.3 is 0 Å². The predicted octanol–water partition coefficient (Wildman–Crippen LogP) is 3.28. The summed E-state index contributed by atoms with van der Waals surface area (Å²) in [6.45, 7) is 9.60. The van der Waals surface area contributed by atoms with Crippen LogP contribution in [0, 0.1) is 0 Å². The van der Waals surface area contributed by atoms with E-state index in [0.717, 1.165) is 19.4 Å². The molecule has 16 heavy (non-hydrogen) atoms. The zero-order chi connectivity index (χ0) is 12.0. The molecule has 1 unspecified atom stereocenters. The highest BCUT2D eigenvalue weighted by Gasteiger charge is 2.43. The maximum atomic E-state index is 5.77. The fourth-order valence-corrected chi connectivity index (χ4v) is 2.42. The molecule has 94 valence electrons. The van der Waals surface area contributed by atoms with E-state index in [1.165, 1.54) is 31.3 Å². The molecule has 0 amide bonds. The smallest absolute Gasteiger partial charge is 0.0834 e. The van der Waals surface area contributed by atoms with Gasteiger partial charge in [-0.25, -0.2) is 0 Å². The van der Waals surface area contributed by atoms with Crippen molar-refractivity contribution in [2.45, 2.75) is 64.0 Å². The molecular weight excluding hydrogens is 198 g/mol. The van der Waals surface area contributed by atoms with Crippen molar-refractivity contribution < 1.29 is 4.74 Å². The Morgan fingerprint density at radius 3 is 2.50 bits per heavy atom. The average molecular weight is 225 g/mol. The molecule has 0 heterocycles. The minimum atomic E-state index is 0.0906. The van der Waals surface area contributed by atoms with Gasteiger partial charge in [-0.3, -0.25) is 0 Å². The molecule has 1 aliphatic carbocycles. The molecule has 0 radical (unpaired) electrons. The lowest BCUT2D eigenvalue weighted by atomic mass is 9.72. The molecule has 0 bridgehead atoms. The number of ether oxygens (including phenoxy) is 1. The molecule has 0 saturated heterocycles. The van der Waals surface area contributed by atoms with Gasteiger partial charge in [-0.15, -0.1) is 0 Å². The van der Waals surface area contributed by atoms with Crippen molar-refractivity contribution in [1.82, 2.24) is 5.32 Å². The fourth-order valence-electron chi connectivity index (χ4n) is 2.42. The Morgan fingerprint density at radius 2 is 2.12 bits per heavy atom. The van der Waals surface area contributed by atoms with E-state index in [9.17, 15) is 0 Å². The van der Waals surface area contributed by atoms with Gasteiger partial charge < -0.3 is 10.1 Å². The molecule has 0 aromatic heterocycles. The van der Waals surface area contributed by atoms with E-state index >= 15 is 0 Å². The average Bonchev–Trinajstić information content (AvgIpc) is 2.24. The highest BCUT2D eigenvalue weighted by atomic mass is 16.5. The lowest BCUT2D eigenvalue weighted by molar-refractivity contribution is -0.0981. The van der Waals surface area contributed by atoms with Gasteiger partial charge in [0, 0.05) is 13.2 Å². The van der Waals surface area contributed by atoms with Crippen molar-refractivity contribution in [3.8, 4) is 0 Å². The van der Waals surface area contributed by atoms with E-state index in [1.807, 2.05) is 7.11 Å². The second kappa shape index (κ2) is 6.41. The molecule has 1 aliphatic rings. The molecule has 0 spiro atoms. The van der Waals surface area contributed by atoms with Crippen LogP contribution in [-0.2, 0) is 4.74 Å². The van der Waals surface area contributed by atoms with Crippen LogP contribution < -0.4 is 5.32 Å². The number of hydrogen-bond acceptors (Lipinski definition) is 2. The minimum absolute atomic E-state index is 0.0906. The van der Waals surface area contributed by atoms with Crippen molar-refractivity contribution in [3.63, 3.8) is 0 Å². The quantitative estimate of drug-likeness (QED) is 0.640. The summed E-state index contributed by atoms with van der Waals surface area (Å²) >= 11 is 0. The van der Waals surface area contributed by atoms with Gasteiger partial charge in [0.1, 0.15) is 0 Å². The third-order valence-electron chi connectivity index (χ3n) is 3.88. The molecule has 1 rings (SSSR count). The van der Waals surface area contributed by atoms with Crippen LogP contribution in [0.5, 0.6) is 0 Å². The first-order valence-electron chi connectivity index (χ1n) is 6.63. The Bertz CT molecular complexity index is 215. The van der Waals surface area contributed by atoms with Gasteiger partial charge in [0.25, 0.3) is 0 Å². The van der Waals surface area contributed by atoms with E-state index < -0.39 is 0 Å². The van der Waals surface area contributed by atoms with E-state index in [0.29, 0.717) is 6.04 Å². The van der Waals surface area contributed by atoms with Crippen LogP contribution in [0.25, 0.3) is 0 Å². The van der Waals surface area contributed by atoms with E-state index in [-0.39, 0.29) is 5.60 Å². The predicted molar refractivity (Wildman–Crippen MR) is 69.7 cm³/mol. The molecule has 1 fully saturated rings. The Labute approximate surface area is 100 Å². The number of methoxy groups -OCH3 is 1. The summed E-state index contributed by atoms with van der Waals surface area (Å²) in [6, 6.07) is 0.457. The summed E-state index contributed by atoms with van der Waals surface area (Å²) in [5, 5.41) is 3.64. The Hall–Kier alpha value is -0.340. The lowest BCUT2D eigenvalue weighted by Crippen LogP contribution is -2.56. The highest BCUT2D eigenvalue weighted by molar-refractivity contribution is 5.07. The van der Waals surface area contributed by atoms with Crippen molar-refractivity contribution in [3.05, 3.63) is 12.2 Å². The highest BCUT2D eigenvalue weighted by Crippen LogP contribution is 2.40. The molecular formula is C14H27NO. The zero-order valence-corrected chi connectivity index (χ0v) is 11.1. The Morgan fingerprint density at radius 1 is 1.44 bits per heavy atom. The molecule has 0 aromatic carbocycles. The van der Waals surface area contributed by atoms with Crippen molar-refractivity contribution in [2.24, 2.45) is 0 Å². The third kappa shape index (κ3) is 3.08. The molecule has 1 saturated carbocycles. The second-order valence-corrected chi connectivity index (χ2v) is 4.94. The van der Waals surface area contributed by atoms with Gasteiger partial charge in [-0.2, -0.15) is 0 Å². The monoisotopic (exact) mass is 225 g/mol. The topological polar surface area (TPSA) is 21.3 Å². The van der Waals surface area contributed by atoms with Crippen molar-refractivity contribution >= 4 is 0 Å². The zero-order valence-electron chi connectivity index (χ0n) is 11.1. The second-order valence-electron chi connectivity index (χ2n) is 4.94. The molecule has 1 N–H and O–H groups in total. The molecule has 1 atom stereocenters. The van der Waals surface area contributed by atoms with Crippen LogP contribution >= 0.6 is 0 Å². The van der Waals surface area contributed by atoms with Crippen LogP contribution in [0.3, 0.4) is 0 Å². The van der Waals surface area contributed by atoms with Gasteiger partial charge in [0.2, 0.25) is 0 Å². The number of rotatable bonds is 8. The first-order valence-corrected chi connectivity index (χ1v) is 6.63. The molecule has 2 nitrogen and oxygen atoms in total. The number of nitrogens with one attached hydrogen (secondary N) is 1. The van der Waals surface area contributed by atoms with Crippen LogP contribution in [0.1, 0.15) is 52.4 Å².